The first kappa shape index (κ1) is 28.4. The molecule has 0 aliphatic carbocycles. The zero-order chi connectivity index (χ0) is 23.5. The van der Waals surface area contributed by atoms with Gasteiger partial charge in [0, 0.05) is 31.5 Å². The predicted octanol–water partition coefficient (Wildman–Crippen LogP) is -1.41. The Balaban J connectivity index is 4.11. The Morgan fingerprint density at radius 3 is 2.10 bits per heavy atom. The van der Waals surface area contributed by atoms with Gasteiger partial charge >= 0.3 is 7.82 Å². The fourth-order valence-electron chi connectivity index (χ4n) is 2.30. The minimum atomic E-state index is -4.73. The maximum absolute atomic E-state index is 12.0. The Morgan fingerprint density at radius 2 is 1.57 bits per heavy atom. The van der Waals surface area contributed by atoms with E-state index in [9.17, 15) is 24.1 Å². The number of carbonyl (C=O) groups excluding carboxylic acids is 3. The van der Waals surface area contributed by atoms with Gasteiger partial charge < -0.3 is 36.6 Å². The molecule has 13 heteroatoms. The zero-order valence-corrected chi connectivity index (χ0v) is 18.8. The maximum atomic E-state index is 12.0. The van der Waals surface area contributed by atoms with E-state index in [1.54, 1.807) is 0 Å². The number of aliphatic hydroxyl groups is 1. The van der Waals surface area contributed by atoms with E-state index in [0.29, 0.717) is 12.3 Å². The van der Waals surface area contributed by atoms with E-state index in [1.165, 1.54) is 13.8 Å². The molecule has 0 aliphatic rings. The summed E-state index contributed by atoms with van der Waals surface area (Å²) in [6, 6.07) is -0.598. The highest BCUT2D eigenvalue weighted by atomic mass is 31.2. The molecule has 0 rings (SSSR count). The van der Waals surface area contributed by atoms with Crippen LogP contribution in [-0.4, -0.2) is 71.0 Å². The molecule has 0 aliphatic heterocycles. The van der Waals surface area contributed by atoms with Gasteiger partial charge in [0.15, 0.2) is 0 Å². The molecule has 0 unspecified atom stereocenters. The van der Waals surface area contributed by atoms with Crippen LogP contribution in [0.3, 0.4) is 0 Å². The third-order valence-corrected chi connectivity index (χ3v) is 4.52. The van der Waals surface area contributed by atoms with Crippen molar-refractivity contribution in [1.29, 1.82) is 0 Å². The van der Waals surface area contributed by atoms with Gasteiger partial charge in [-0.2, -0.15) is 0 Å². The molecule has 0 aromatic rings. The number of aliphatic hydroxyl groups excluding tert-OH is 1. The first-order valence-electron chi connectivity index (χ1n) is 9.61. The molecular weight excluding hydrogens is 419 g/mol. The molecule has 12 nitrogen and oxygen atoms in total. The molecule has 2 atom stereocenters. The van der Waals surface area contributed by atoms with E-state index in [4.69, 9.17) is 15.5 Å². The van der Waals surface area contributed by atoms with Gasteiger partial charge in [-0.25, -0.2) is 4.57 Å². The summed E-state index contributed by atoms with van der Waals surface area (Å²) in [6.07, 6.45) is -1.10. The Labute approximate surface area is 176 Å². The molecule has 0 aromatic heterocycles. The van der Waals surface area contributed by atoms with Gasteiger partial charge in [-0.3, -0.25) is 18.9 Å². The van der Waals surface area contributed by atoms with Crippen molar-refractivity contribution in [2.45, 2.75) is 52.7 Å². The van der Waals surface area contributed by atoms with Crippen LogP contribution in [-0.2, 0) is 23.5 Å². The number of amides is 3. The lowest BCUT2D eigenvalue weighted by atomic mass is 9.87. The number of hydrogen-bond acceptors (Lipinski definition) is 7. The fourth-order valence-corrected chi connectivity index (χ4v) is 2.80. The average molecular weight is 454 g/mol. The predicted molar refractivity (Wildman–Crippen MR) is 109 cm³/mol. The number of hydrogen-bond donors (Lipinski definition) is 7. The average Bonchev–Trinajstić information content (AvgIpc) is 2.61. The van der Waals surface area contributed by atoms with E-state index in [0.717, 1.165) is 0 Å². The molecule has 0 aromatic carbocycles. The van der Waals surface area contributed by atoms with E-state index in [-0.39, 0.29) is 37.9 Å². The van der Waals surface area contributed by atoms with Crippen molar-refractivity contribution in [2.75, 3.05) is 26.2 Å². The highest BCUT2D eigenvalue weighted by molar-refractivity contribution is 7.46. The van der Waals surface area contributed by atoms with Crippen molar-refractivity contribution in [3.63, 3.8) is 0 Å². The van der Waals surface area contributed by atoms with Crippen LogP contribution >= 0.6 is 7.82 Å². The third-order valence-electron chi connectivity index (χ3n) is 4.05. The monoisotopic (exact) mass is 454 g/mol. The number of rotatable bonds is 14. The van der Waals surface area contributed by atoms with Crippen LogP contribution in [0, 0.1) is 11.3 Å². The van der Waals surface area contributed by atoms with Crippen LogP contribution in [0.15, 0.2) is 0 Å². The number of phosphoric ester groups is 1. The second-order valence-electron chi connectivity index (χ2n) is 8.07. The largest absolute Gasteiger partial charge is 0.469 e. The van der Waals surface area contributed by atoms with Crippen LogP contribution in [0.25, 0.3) is 0 Å². The van der Waals surface area contributed by atoms with E-state index in [1.807, 2.05) is 13.8 Å². The van der Waals surface area contributed by atoms with E-state index >= 15 is 0 Å². The van der Waals surface area contributed by atoms with E-state index in [2.05, 4.69) is 20.5 Å². The standard InChI is InChI=1S/C17H35N4O8P/c1-11(2)9-12(18)15(24)21-8-7-19-13(22)5-6-20-16(25)14(23)17(3,4)10-29-30(26,27)28/h11-12,14,23H,5-10,18H2,1-4H3,(H,19,22)(H,20,25)(H,21,24)(H2,26,27,28)/t12-,14-/m0/s1. The SMILES string of the molecule is CC(C)C[C@H](N)C(=O)NCCNC(=O)CCNC(=O)[C@H](O)C(C)(C)COP(=O)(O)O. The van der Waals surface area contributed by atoms with Gasteiger partial charge in [0.05, 0.1) is 12.6 Å². The molecule has 3 amide bonds. The second kappa shape index (κ2) is 13.0. The Hall–Kier alpha value is -1.56. The summed E-state index contributed by atoms with van der Waals surface area (Å²) in [6.45, 7) is 6.55. The van der Waals surface area contributed by atoms with Gasteiger partial charge in [-0.05, 0) is 12.3 Å². The van der Waals surface area contributed by atoms with Crippen molar-refractivity contribution in [2.24, 2.45) is 17.1 Å². The highest BCUT2D eigenvalue weighted by Gasteiger charge is 2.35. The molecule has 0 radical (unpaired) electrons. The number of phosphoric acid groups is 1. The molecule has 0 bridgehead atoms. The fraction of sp³-hybridized carbons (Fsp3) is 0.824. The Bertz CT molecular complexity index is 623. The van der Waals surface area contributed by atoms with E-state index < -0.39 is 37.9 Å². The van der Waals surface area contributed by atoms with Gasteiger partial charge in [0.25, 0.3) is 0 Å². The summed E-state index contributed by atoms with van der Waals surface area (Å²) in [5.74, 6) is -1.16. The third kappa shape index (κ3) is 12.9. The minimum absolute atomic E-state index is 0.0528. The molecule has 0 heterocycles. The first-order valence-corrected chi connectivity index (χ1v) is 11.1. The lowest BCUT2D eigenvalue weighted by molar-refractivity contribution is -0.137. The smallest absolute Gasteiger partial charge is 0.383 e. The number of nitrogens with two attached hydrogens (primary N) is 1. The van der Waals surface area contributed by atoms with Crippen molar-refractivity contribution >= 4 is 25.5 Å². The lowest BCUT2D eigenvalue weighted by Gasteiger charge is -2.29. The summed E-state index contributed by atoms with van der Waals surface area (Å²) in [5, 5.41) is 17.6. The van der Waals surface area contributed by atoms with Crippen LogP contribution in [0.4, 0.5) is 0 Å². The molecule has 8 N–H and O–H groups in total. The number of carbonyl (C=O) groups is 3. The van der Waals surface area contributed by atoms with Gasteiger partial charge in [0.1, 0.15) is 6.10 Å². The summed E-state index contributed by atoms with van der Waals surface area (Å²) >= 11 is 0. The number of nitrogens with one attached hydrogen (secondary N) is 3. The van der Waals surface area contributed by atoms with Crippen LogP contribution in [0.2, 0.25) is 0 Å². The topological polar surface area (TPSA) is 200 Å². The summed E-state index contributed by atoms with van der Waals surface area (Å²) in [5.41, 5.74) is 4.48. The minimum Gasteiger partial charge on any atom is -0.383 e. The molecule has 30 heavy (non-hydrogen) atoms. The second-order valence-corrected chi connectivity index (χ2v) is 9.31. The van der Waals surface area contributed by atoms with Crippen LogP contribution in [0.5, 0.6) is 0 Å². The summed E-state index contributed by atoms with van der Waals surface area (Å²) < 4.78 is 15.1. The van der Waals surface area contributed by atoms with Gasteiger partial charge in [0.2, 0.25) is 17.7 Å². The normalized spacial score (nSPS) is 14.2. The Kier molecular flexibility index (Phi) is 12.3. The molecule has 0 spiro atoms. The molecule has 0 fully saturated rings. The van der Waals surface area contributed by atoms with Crippen molar-refractivity contribution < 1.29 is 38.4 Å². The van der Waals surface area contributed by atoms with Gasteiger partial charge in [-0.1, -0.05) is 27.7 Å². The highest BCUT2D eigenvalue weighted by Crippen LogP contribution is 2.38. The first-order chi connectivity index (χ1) is 13.7. The quantitative estimate of drug-likeness (QED) is 0.122. The molecule has 176 valence electrons. The molecule has 0 saturated heterocycles. The van der Waals surface area contributed by atoms with Crippen LogP contribution < -0.4 is 21.7 Å². The Morgan fingerprint density at radius 1 is 1.03 bits per heavy atom. The van der Waals surface area contributed by atoms with Crippen LogP contribution in [0.1, 0.15) is 40.5 Å². The summed E-state index contributed by atoms with van der Waals surface area (Å²) in [4.78, 5) is 52.9. The molecule has 0 saturated carbocycles. The van der Waals surface area contributed by atoms with Crippen molar-refractivity contribution in [3.05, 3.63) is 0 Å². The maximum Gasteiger partial charge on any atom is 0.469 e. The van der Waals surface area contributed by atoms with Gasteiger partial charge in [-0.15, -0.1) is 0 Å². The zero-order valence-electron chi connectivity index (χ0n) is 17.9. The molecular formula is C17H35N4O8P. The van der Waals surface area contributed by atoms with Crippen molar-refractivity contribution in [1.82, 2.24) is 16.0 Å². The summed E-state index contributed by atoms with van der Waals surface area (Å²) in [7, 11) is -4.73. The van der Waals surface area contributed by atoms with Crippen molar-refractivity contribution in [3.8, 4) is 0 Å². The lowest BCUT2D eigenvalue weighted by Crippen LogP contribution is -2.46.